The first-order valence-electron chi connectivity index (χ1n) is 8.97. The minimum absolute atomic E-state index is 0.187. The summed E-state index contributed by atoms with van der Waals surface area (Å²) < 4.78 is 28.3. The Hall–Kier alpha value is -2.51. The van der Waals surface area contributed by atoms with Crippen LogP contribution in [0.15, 0.2) is 48.5 Å². The summed E-state index contributed by atoms with van der Waals surface area (Å²) in [5.41, 5.74) is 2.85. The van der Waals surface area contributed by atoms with Crippen LogP contribution >= 0.6 is 11.6 Å². The van der Waals surface area contributed by atoms with Crippen molar-refractivity contribution in [3.8, 4) is 0 Å². The molecule has 1 aliphatic carbocycles. The van der Waals surface area contributed by atoms with Crippen LogP contribution in [0.3, 0.4) is 0 Å². The van der Waals surface area contributed by atoms with Crippen molar-refractivity contribution in [3.63, 3.8) is 0 Å². The normalized spacial score (nSPS) is 14.2. The van der Waals surface area contributed by atoms with E-state index in [-0.39, 0.29) is 11.2 Å². The number of carbonyl (C=O) groups is 1. The first-order chi connectivity index (χ1) is 13.3. The van der Waals surface area contributed by atoms with Crippen LogP contribution in [0.5, 0.6) is 0 Å². The molecule has 146 valence electrons. The average molecular weight is 418 g/mol. The maximum absolute atomic E-state index is 12.6. The molecule has 1 amide bonds. The molecule has 1 aromatic heterocycles. The van der Waals surface area contributed by atoms with Gasteiger partial charge in [-0.3, -0.25) is 9.52 Å². The van der Waals surface area contributed by atoms with Gasteiger partial charge in [-0.05, 0) is 48.7 Å². The maximum Gasteiger partial charge on any atom is 0.268 e. The molecular formula is C20H20ClN3O3S. The molecular weight excluding hydrogens is 398 g/mol. The number of rotatable bonds is 6. The summed E-state index contributed by atoms with van der Waals surface area (Å²) in [6.07, 6.45) is 1.44. The van der Waals surface area contributed by atoms with E-state index in [2.05, 4.69) is 10.0 Å². The molecule has 0 spiro atoms. The number of nitrogens with one attached hydrogen (secondary N) is 2. The molecule has 0 atom stereocenters. The summed E-state index contributed by atoms with van der Waals surface area (Å²) in [6, 6.07) is 14.4. The Morgan fingerprint density at radius 3 is 2.54 bits per heavy atom. The summed E-state index contributed by atoms with van der Waals surface area (Å²) in [6.45, 7) is 0.344. The number of aromatic nitrogens is 1. The van der Waals surface area contributed by atoms with Crippen molar-refractivity contribution in [3.05, 3.63) is 64.8 Å². The molecule has 2 N–H and O–H groups in total. The number of aryl methyl sites for hydroxylation is 1. The van der Waals surface area contributed by atoms with Gasteiger partial charge in [0.2, 0.25) is 10.0 Å². The van der Waals surface area contributed by atoms with Crippen molar-refractivity contribution < 1.29 is 13.2 Å². The number of hydrogen-bond donors (Lipinski definition) is 2. The molecule has 0 saturated heterocycles. The van der Waals surface area contributed by atoms with Gasteiger partial charge in [0.1, 0.15) is 5.69 Å². The quantitative estimate of drug-likeness (QED) is 0.642. The second kappa shape index (κ2) is 7.14. The third-order valence-corrected chi connectivity index (χ3v) is 6.97. The van der Waals surface area contributed by atoms with E-state index < -0.39 is 10.0 Å². The zero-order valence-corrected chi connectivity index (χ0v) is 16.8. The molecule has 0 radical (unpaired) electrons. The fraction of sp³-hybridized carbons (Fsp3) is 0.250. The standard InChI is InChI=1S/C20H20ClN3O3S/c1-24-18-11-15(21)5-4-14(18)10-19(24)20(25)22-12-13-2-6-16(7-3-13)23-28(26,27)17-8-9-17/h2-7,10-11,17,23H,8-9,12H2,1H3,(H,22,25). The van der Waals surface area contributed by atoms with E-state index in [1.54, 1.807) is 30.3 Å². The molecule has 8 heteroatoms. The predicted octanol–water partition coefficient (Wildman–Crippen LogP) is 3.67. The fourth-order valence-electron chi connectivity index (χ4n) is 3.11. The first-order valence-corrected chi connectivity index (χ1v) is 10.9. The number of fused-ring (bicyclic) bond motifs is 1. The highest BCUT2D eigenvalue weighted by Crippen LogP contribution is 2.29. The Bertz CT molecular complexity index is 1150. The largest absolute Gasteiger partial charge is 0.347 e. The van der Waals surface area contributed by atoms with E-state index in [4.69, 9.17) is 11.6 Å². The van der Waals surface area contributed by atoms with Gasteiger partial charge in [0, 0.05) is 35.2 Å². The predicted molar refractivity (Wildman–Crippen MR) is 111 cm³/mol. The Labute approximate surface area is 168 Å². The molecule has 0 aliphatic heterocycles. The summed E-state index contributed by atoms with van der Waals surface area (Å²) in [7, 11) is -1.44. The van der Waals surface area contributed by atoms with E-state index in [0.717, 1.165) is 29.3 Å². The minimum atomic E-state index is -3.27. The first kappa shape index (κ1) is 18.8. The van der Waals surface area contributed by atoms with Crippen LogP contribution in [0.1, 0.15) is 28.9 Å². The molecule has 1 saturated carbocycles. The lowest BCUT2D eigenvalue weighted by Crippen LogP contribution is -2.24. The van der Waals surface area contributed by atoms with Gasteiger partial charge < -0.3 is 9.88 Å². The number of halogens is 1. The van der Waals surface area contributed by atoms with Crippen LogP contribution in [0.2, 0.25) is 5.02 Å². The Kier molecular flexibility index (Phi) is 4.81. The highest BCUT2D eigenvalue weighted by Gasteiger charge is 2.35. The number of sulfonamides is 1. The lowest BCUT2D eigenvalue weighted by molar-refractivity contribution is 0.0943. The SMILES string of the molecule is Cn1c(C(=O)NCc2ccc(NS(=O)(=O)C3CC3)cc2)cc2ccc(Cl)cc21. The van der Waals surface area contributed by atoms with Gasteiger partial charge in [0.05, 0.1) is 5.25 Å². The molecule has 28 heavy (non-hydrogen) atoms. The summed E-state index contributed by atoms with van der Waals surface area (Å²) in [5.74, 6) is -0.187. The Balaban J connectivity index is 1.41. The Morgan fingerprint density at radius 1 is 1.14 bits per heavy atom. The van der Waals surface area contributed by atoms with E-state index in [9.17, 15) is 13.2 Å². The Morgan fingerprint density at radius 2 is 1.86 bits per heavy atom. The third-order valence-electron chi connectivity index (χ3n) is 4.87. The topological polar surface area (TPSA) is 80.2 Å². The van der Waals surface area contributed by atoms with Crippen LogP contribution < -0.4 is 10.0 Å². The second-order valence-electron chi connectivity index (χ2n) is 7.02. The van der Waals surface area contributed by atoms with Gasteiger partial charge in [-0.2, -0.15) is 0 Å². The van der Waals surface area contributed by atoms with E-state index in [1.165, 1.54) is 0 Å². The molecule has 1 aliphatic rings. The van der Waals surface area contributed by atoms with Gasteiger partial charge in [0.15, 0.2) is 0 Å². The molecule has 2 aromatic carbocycles. The van der Waals surface area contributed by atoms with Crippen LogP contribution in [-0.4, -0.2) is 24.1 Å². The van der Waals surface area contributed by atoms with Gasteiger partial charge in [-0.1, -0.05) is 29.8 Å². The summed E-state index contributed by atoms with van der Waals surface area (Å²) in [4.78, 5) is 12.6. The van der Waals surface area contributed by atoms with Gasteiger partial charge in [-0.25, -0.2) is 8.42 Å². The van der Waals surface area contributed by atoms with Crippen molar-refractivity contribution in [2.75, 3.05) is 4.72 Å². The summed E-state index contributed by atoms with van der Waals surface area (Å²) in [5, 5.41) is 4.21. The fourth-order valence-corrected chi connectivity index (χ4v) is 4.66. The monoisotopic (exact) mass is 417 g/mol. The minimum Gasteiger partial charge on any atom is -0.347 e. The molecule has 4 rings (SSSR count). The third kappa shape index (κ3) is 3.86. The maximum atomic E-state index is 12.6. The van der Waals surface area contributed by atoms with Crippen LogP contribution in [0, 0.1) is 0 Å². The van der Waals surface area contributed by atoms with Crippen LogP contribution in [0.4, 0.5) is 5.69 Å². The molecule has 6 nitrogen and oxygen atoms in total. The van der Waals surface area contributed by atoms with Crippen molar-refractivity contribution in [1.82, 2.24) is 9.88 Å². The highest BCUT2D eigenvalue weighted by atomic mass is 35.5. The number of anilines is 1. The van der Waals surface area contributed by atoms with Crippen molar-refractivity contribution in [2.45, 2.75) is 24.6 Å². The summed E-state index contributed by atoms with van der Waals surface area (Å²) >= 11 is 6.04. The second-order valence-corrected chi connectivity index (χ2v) is 9.42. The smallest absolute Gasteiger partial charge is 0.268 e. The van der Waals surface area contributed by atoms with Crippen molar-refractivity contribution in [1.29, 1.82) is 0 Å². The van der Waals surface area contributed by atoms with Crippen molar-refractivity contribution in [2.24, 2.45) is 7.05 Å². The van der Waals surface area contributed by atoms with Gasteiger partial charge >= 0.3 is 0 Å². The van der Waals surface area contributed by atoms with Crippen molar-refractivity contribution >= 4 is 44.1 Å². The lowest BCUT2D eigenvalue weighted by Gasteiger charge is -2.09. The lowest BCUT2D eigenvalue weighted by atomic mass is 10.2. The van der Waals surface area contributed by atoms with E-state index >= 15 is 0 Å². The number of benzene rings is 2. The van der Waals surface area contributed by atoms with E-state index in [1.807, 2.05) is 29.8 Å². The number of carbonyl (C=O) groups excluding carboxylic acids is 1. The van der Waals surface area contributed by atoms with Gasteiger partial charge in [0.25, 0.3) is 5.91 Å². The van der Waals surface area contributed by atoms with Gasteiger partial charge in [-0.15, -0.1) is 0 Å². The van der Waals surface area contributed by atoms with E-state index in [0.29, 0.717) is 22.9 Å². The molecule has 1 heterocycles. The zero-order chi connectivity index (χ0) is 19.9. The molecule has 0 bridgehead atoms. The number of hydrogen-bond acceptors (Lipinski definition) is 3. The number of amides is 1. The highest BCUT2D eigenvalue weighted by molar-refractivity contribution is 7.93. The average Bonchev–Trinajstić information content (AvgIpc) is 3.47. The zero-order valence-electron chi connectivity index (χ0n) is 15.3. The number of nitrogens with zero attached hydrogens (tertiary/aromatic N) is 1. The molecule has 0 unspecified atom stereocenters. The molecule has 3 aromatic rings. The van der Waals surface area contributed by atoms with Crippen LogP contribution in [0.25, 0.3) is 10.9 Å². The molecule has 1 fully saturated rings. The van der Waals surface area contributed by atoms with Crippen LogP contribution in [-0.2, 0) is 23.6 Å².